The molecule has 0 unspecified atom stereocenters. The molecule has 16 heavy (non-hydrogen) atoms. The monoisotopic (exact) mass is 241 g/mol. The van der Waals surface area contributed by atoms with Gasteiger partial charge >= 0.3 is 5.97 Å². The Bertz CT molecular complexity index is 371. The second-order valence-corrected chi connectivity index (χ2v) is 4.15. The Morgan fingerprint density at radius 1 is 1.56 bits per heavy atom. The van der Waals surface area contributed by atoms with Gasteiger partial charge in [-0.05, 0) is 6.42 Å². The summed E-state index contributed by atoms with van der Waals surface area (Å²) in [5.41, 5.74) is 6.68. The van der Waals surface area contributed by atoms with E-state index in [0.29, 0.717) is 18.0 Å². The van der Waals surface area contributed by atoms with E-state index in [0.717, 1.165) is 17.0 Å². The Labute approximate surface area is 98.8 Å². The minimum Gasteiger partial charge on any atom is -0.469 e. The fourth-order valence-electron chi connectivity index (χ4n) is 1.20. The van der Waals surface area contributed by atoms with Crippen LogP contribution in [0.1, 0.15) is 18.9 Å². The highest BCUT2D eigenvalue weighted by atomic mass is 32.2. The van der Waals surface area contributed by atoms with Gasteiger partial charge in [-0.15, -0.1) is 11.8 Å². The summed E-state index contributed by atoms with van der Waals surface area (Å²) in [5.74, 6) is 0.932. The summed E-state index contributed by atoms with van der Waals surface area (Å²) in [6.45, 7) is 2.00. The van der Waals surface area contributed by atoms with Gasteiger partial charge in [0.2, 0.25) is 0 Å². The predicted octanol–water partition coefficient (Wildman–Crippen LogP) is 1.28. The zero-order valence-corrected chi connectivity index (χ0v) is 10.2. The van der Waals surface area contributed by atoms with Crippen LogP contribution < -0.4 is 5.73 Å². The van der Waals surface area contributed by atoms with Crippen LogP contribution in [0.25, 0.3) is 0 Å². The molecular formula is C10H15N3O2S. The van der Waals surface area contributed by atoms with Crippen LogP contribution in [-0.2, 0) is 16.0 Å². The highest BCUT2D eigenvalue weighted by molar-refractivity contribution is 7.99. The Morgan fingerprint density at radius 3 is 2.94 bits per heavy atom. The quantitative estimate of drug-likeness (QED) is 0.475. The molecule has 0 aliphatic rings. The third-order valence-electron chi connectivity index (χ3n) is 2.07. The van der Waals surface area contributed by atoms with Crippen molar-refractivity contribution in [3.63, 3.8) is 0 Å². The number of nitrogen functional groups attached to an aromatic ring is 1. The number of aromatic nitrogens is 2. The normalized spacial score (nSPS) is 10.1. The van der Waals surface area contributed by atoms with Crippen molar-refractivity contribution >= 4 is 23.5 Å². The van der Waals surface area contributed by atoms with E-state index >= 15 is 0 Å². The van der Waals surface area contributed by atoms with Crippen LogP contribution >= 0.6 is 11.8 Å². The highest BCUT2D eigenvalue weighted by Gasteiger charge is 2.08. The number of carbonyl (C=O) groups is 1. The number of rotatable bonds is 5. The van der Waals surface area contributed by atoms with Gasteiger partial charge in [-0.25, -0.2) is 9.97 Å². The number of anilines is 1. The first-order chi connectivity index (χ1) is 7.69. The maximum Gasteiger partial charge on any atom is 0.306 e. The minimum absolute atomic E-state index is 0.215. The van der Waals surface area contributed by atoms with Crippen molar-refractivity contribution in [2.24, 2.45) is 0 Å². The summed E-state index contributed by atoms with van der Waals surface area (Å²) in [7, 11) is 1.38. The van der Waals surface area contributed by atoms with Gasteiger partial charge in [-0.2, -0.15) is 0 Å². The third kappa shape index (κ3) is 3.37. The lowest BCUT2D eigenvalue weighted by atomic mass is 10.2. The van der Waals surface area contributed by atoms with Crippen LogP contribution in [0.4, 0.5) is 5.82 Å². The van der Waals surface area contributed by atoms with Crippen molar-refractivity contribution < 1.29 is 9.53 Å². The molecule has 0 aliphatic carbocycles. The first kappa shape index (κ1) is 12.8. The molecule has 0 bridgehead atoms. The van der Waals surface area contributed by atoms with Gasteiger partial charge in [0, 0.05) is 11.3 Å². The average molecular weight is 241 g/mol. The summed E-state index contributed by atoms with van der Waals surface area (Å²) in [4.78, 5) is 19.0. The van der Waals surface area contributed by atoms with Gasteiger partial charge < -0.3 is 10.5 Å². The number of hydrogen-bond acceptors (Lipinski definition) is 6. The molecule has 0 spiro atoms. The van der Waals surface area contributed by atoms with E-state index in [1.54, 1.807) is 0 Å². The van der Waals surface area contributed by atoms with Crippen LogP contribution in [0.3, 0.4) is 0 Å². The molecule has 1 rings (SSSR count). The molecule has 88 valence electrons. The van der Waals surface area contributed by atoms with Gasteiger partial charge in [0.15, 0.2) is 0 Å². The second-order valence-electron chi connectivity index (χ2n) is 3.07. The summed E-state index contributed by atoms with van der Waals surface area (Å²) in [6.07, 6.45) is 2.59. The number of carbonyl (C=O) groups excluding carboxylic acids is 1. The number of nitrogens with two attached hydrogens (primary N) is 1. The molecule has 1 aromatic rings. The van der Waals surface area contributed by atoms with Gasteiger partial charge in [0.1, 0.15) is 17.2 Å². The number of hydrogen-bond donors (Lipinski definition) is 1. The number of thioether (sulfide) groups is 1. The van der Waals surface area contributed by atoms with E-state index in [1.807, 2.05) is 6.92 Å². The Kier molecular flexibility index (Phi) is 5.04. The minimum atomic E-state index is -0.215. The lowest BCUT2D eigenvalue weighted by Gasteiger charge is -2.07. The highest BCUT2D eigenvalue weighted by Crippen LogP contribution is 2.24. The predicted molar refractivity (Wildman–Crippen MR) is 63.2 cm³/mol. The summed E-state index contributed by atoms with van der Waals surface area (Å²) in [5, 5.41) is 0.846. The average Bonchev–Trinajstić information content (AvgIpc) is 2.29. The SMILES string of the molecule is CCc1c(N)ncnc1SCCC(=O)OC. The first-order valence-corrected chi connectivity index (χ1v) is 5.96. The fraction of sp³-hybridized carbons (Fsp3) is 0.500. The van der Waals surface area contributed by atoms with Crippen LogP contribution in [0, 0.1) is 0 Å². The molecule has 0 aliphatic heterocycles. The molecule has 0 atom stereocenters. The number of ether oxygens (including phenoxy) is 1. The molecule has 0 amide bonds. The standard InChI is InChI=1S/C10H15N3O2S/c1-3-7-9(11)12-6-13-10(7)16-5-4-8(14)15-2/h6H,3-5H2,1-2H3,(H2,11,12,13). The summed E-state index contributed by atoms with van der Waals surface area (Å²) >= 11 is 1.50. The Balaban J connectivity index is 2.60. The molecule has 0 aromatic carbocycles. The Hall–Kier alpha value is -1.30. The molecule has 0 saturated carbocycles. The molecule has 2 N–H and O–H groups in total. The van der Waals surface area contributed by atoms with Crippen molar-refractivity contribution in [2.45, 2.75) is 24.8 Å². The van der Waals surface area contributed by atoms with Crippen molar-refractivity contribution in [3.8, 4) is 0 Å². The van der Waals surface area contributed by atoms with Crippen molar-refractivity contribution in [2.75, 3.05) is 18.6 Å². The van der Waals surface area contributed by atoms with E-state index in [4.69, 9.17) is 5.73 Å². The van der Waals surface area contributed by atoms with E-state index in [1.165, 1.54) is 25.2 Å². The molecule has 1 aromatic heterocycles. The van der Waals surface area contributed by atoms with Crippen LogP contribution in [-0.4, -0.2) is 28.8 Å². The molecule has 0 saturated heterocycles. The Morgan fingerprint density at radius 2 is 2.31 bits per heavy atom. The van der Waals surface area contributed by atoms with Gasteiger partial charge in [0.05, 0.1) is 13.5 Å². The number of methoxy groups -OCH3 is 1. The van der Waals surface area contributed by atoms with Gasteiger partial charge in [0.25, 0.3) is 0 Å². The van der Waals surface area contributed by atoms with Gasteiger partial charge in [-0.1, -0.05) is 6.92 Å². The largest absolute Gasteiger partial charge is 0.469 e. The summed E-state index contributed by atoms with van der Waals surface area (Å²) in [6, 6.07) is 0. The molecule has 5 nitrogen and oxygen atoms in total. The van der Waals surface area contributed by atoms with Crippen molar-refractivity contribution in [1.82, 2.24) is 9.97 Å². The second kappa shape index (κ2) is 6.32. The molecule has 0 fully saturated rings. The lowest BCUT2D eigenvalue weighted by Crippen LogP contribution is -2.03. The molecular weight excluding hydrogens is 226 g/mol. The zero-order chi connectivity index (χ0) is 12.0. The number of nitrogens with zero attached hydrogens (tertiary/aromatic N) is 2. The number of esters is 1. The molecule has 6 heteroatoms. The van der Waals surface area contributed by atoms with Crippen LogP contribution in [0.5, 0.6) is 0 Å². The first-order valence-electron chi connectivity index (χ1n) is 4.98. The molecule has 1 heterocycles. The maximum atomic E-state index is 10.9. The van der Waals surface area contributed by atoms with Gasteiger partial charge in [-0.3, -0.25) is 4.79 Å². The maximum absolute atomic E-state index is 10.9. The van der Waals surface area contributed by atoms with E-state index in [-0.39, 0.29) is 5.97 Å². The zero-order valence-electron chi connectivity index (χ0n) is 9.40. The molecule has 0 radical (unpaired) electrons. The van der Waals surface area contributed by atoms with Crippen LogP contribution in [0.2, 0.25) is 0 Å². The lowest BCUT2D eigenvalue weighted by molar-refractivity contribution is -0.140. The van der Waals surface area contributed by atoms with Crippen molar-refractivity contribution in [1.29, 1.82) is 0 Å². The van der Waals surface area contributed by atoms with Crippen LogP contribution in [0.15, 0.2) is 11.4 Å². The third-order valence-corrected chi connectivity index (χ3v) is 3.10. The summed E-state index contributed by atoms with van der Waals surface area (Å²) < 4.78 is 4.56. The van der Waals surface area contributed by atoms with Crippen molar-refractivity contribution in [3.05, 3.63) is 11.9 Å². The van der Waals surface area contributed by atoms with E-state index in [9.17, 15) is 4.79 Å². The smallest absolute Gasteiger partial charge is 0.306 e. The topological polar surface area (TPSA) is 78.1 Å². The fourth-order valence-corrected chi connectivity index (χ4v) is 2.21. The van der Waals surface area contributed by atoms with E-state index < -0.39 is 0 Å². The van der Waals surface area contributed by atoms with E-state index in [2.05, 4.69) is 14.7 Å².